The van der Waals surface area contributed by atoms with Gasteiger partial charge in [0.05, 0.1) is 22.3 Å². The van der Waals surface area contributed by atoms with Crippen LogP contribution in [-0.2, 0) is 16.1 Å². The number of thiazole rings is 1. The highest BCUT2D eigenvalue weighted by molar-refractivity contribution is 7.16. The number of rotatable bonds is 10. The van der Waals surface area contributed by atoms with E-state index in [0.717, 1.165) is 18.4 Å². The molecule has 1 unspecified atom stereocenters. The Morgan fingerprint density at radius 2 is 2.11 bits per heavy atom. The third-order valence-corrected chi connectivity index (χ3v) is 8.05. The molecule has 2 aromatic rings. The van der Waals surface area contributed by atoms with Gasteiger partial charge in [0, 0.05) is 26.2 Å². The zero-order valence-electron chi connectivity index (χ0n) is 21.3. The lowest BCUT2D eigenvalue weighted by Gasteiger charge is -2.47. The van der Waals surface area contributed by atoms with E-state index < -0.39 is 6.17 Å². The lowest BCUT2D eigenvalue weighted by molar-refractivity contribution is -0.157. The molecule has 200 valence electrons. The number of likely N-dealkylation sites (N-methyl/N-ethyl adjacent to an activating group) is 1. The van der Waals surface area contributed by atoms with Crippen LogP contribution in [0, 0.1) is 11.7 Å². The molecule has 2 fully saturated rings. The highest BCUT2D eigenvalue weighted by Crippen LogP contribution is 2.27. The van der Waals surface area contributed by atoms with Gasteiger partial charge in [-0.3, -0.25) is 9.59 Å². The second-order valence-electron chi connectivity index (χ2n) is 9.60. The molecule has 9 nitrogen and oxygen atoms in total. The van der Waals surface area contributed by atoms with E-state index in [2.05, 4.69) is 16.9 Å². The summed E-state index contributed by atoms with van der Waals surface area (Å²) >= 11 is 1.21. The fourth-order valence-corrected chi connectivity index (χ4v) is 5.96. The molecule has 1 aliphatic heterocycles. The molecule has 11 heteroatoms. The number of piperazine rings is 1. The van der Waals surface area contributed by atoms with Gasteiger partial charge in [-0.15, -0.1) is 17.9 Å². The first-order valence-corrected chi connectivity index (χ1v) is 13.8. The Balaban J connectivity index is 1.57. The molecule has 4 rings (SSSR count). The summed E-state index contributed by atoms with van der Waals surface area (Å²) in [6, 6.07) is 2.72. The van der Waals surface area contributed by atoms with E-state index in [9.17, 15) is 18.8 Å². The first-order chi connectivity index (χ1) is 18.0. The van der Waals surface area contributed by atoms with Gasteiger partial charge in [-0.25, -0.2) is 24.2 Å². The van der Waals surface area contributed by atoms with Gasteiger partial charge in [0.15, 0.2) is 0 Å². The standard InChI is InChI=1S/C26H35FN6O3S/c1-3-12-32(4-2)33(26(36)28-13-19-8-6-5-7-9-19)22-15-30(23(35)16-31(22)18-34)14-20-10-11-21(27)25-24(20)29-17-37-25/h3,10-11,17-19,22H,1,4-9,12-16H2,2H3,(H,28,36). The van der Waals surface area contributed by atoms with Gasteiger partial charge in [-0.2, -0.15) is 0 Å². The number of benzene rings is 1. The maximum Gasteiger partial charge on any atom is 0.333 e. The quantitative estimate of drug-likeness (QED) is 0.288. The maximum atomic E-state index is 14.2. The molecule has 1 aromatic carbocycles. The molecule has 2 heterocycles. The predicted octanol–water partition coefficient (Wildman–Crippen LogP) is 3.58. The van der Waals surface area contributed by atoms with Crippen LogP contribution in [0.5, 0.6) is 0 Å². The number of halogens is 1. The Morgan fingerprint density at radius 3 is 2.81 bits per heavy atom. The van der Waals surface area contributed by atoms with Crippen molar-refractivity contribution >= 4 is 39.9 Å². The fraction of sp³-hybridized carbons (Fsp3) is 0.538. The normalized spacial score (nSPS) is 18.9. The molecule has 1 saturated heterocycles. The number of hydrazine groups is 1. The van der Waals surface area contributed by atoms with Crippen molar-refractivity contribution in [1.82, 2.24) is 30.1 Å². The number of nitrogens with one attached hydrogen (secondary N) is 1. The van der Waals surface area contributed by atoms with Gasteiger partial charge in [-0.05, 0) is 30.4 Å². The van der Waals surface area contributed by atoms with Crippen molar-refractivity contribution < 1.29 is 18.8 Å². The molecule has 1 saturated carbocycles. The molecule has 0 bridgehead atoms. The molecule has 1 N–H and O–H groups in total. The van der Waals surface area contributed by atoms with Crippen molar-refractivity contribution in [2.75, 3.05) is 32.7 Å². The molecule has 0 spiro atoms. The van der Waals surface area contributed by atoms with E-state index in [1.165, 1.54) is 41.6 Å². The number of hydrogen-bond acceptors (Lipinski definition) is 6. The number of carbonyl (C=O) groups excluding carboxylic acids is 3. The number of aromatic nitrogens is 1. The summed E-state index contributed by atoms with van der Waals surface area (Å²) in [7, 11) is 0. The SMILES string of the molecule is C=CCN(CC)N(C(=O)NCC1CCCCC1)C1CN(Cc2ccc(F)c3scnc23)C(=O)CN1C=O. The van der Waals surface area contributed by atoms with E-state index in [4.69, 9.17) is 0 Å². The second-order valence-corrected chi connectivity index (χ2v) is 10.5. The van der Waals surface area contributed by atoms with Crippen LogP contribution in [0.2, 0.25) is 0 Å². The Bertz CT molecular complexity index is 1120. The highest BCUT2D eigenvalue weighted by atomic mass is 32.1. The summed E-state index contributed by atoms with van der Waals surface area (Å²) in [5.41, 5.74) is 2.83. The van der Waals surface area contributed by atoms with Crippen molar-refractivity contribution in [2.45, 2.75) is 51.7 Å². The Morgan fingerprint density at radius 1 is 1.32 bits per heavy atom. The third-order valence-electron chi connectivity index (χ3n) is 7.22. The molecule has 0 radical (unpaired) electrons. The van der Waals surface area contributed by atoms with Gasteiger partial charge >= 0.3 is 6.03 Å². The minimum absolute atomic E-state index is 0.116. The minimum Gasteiger partial charge on any atom is -0.337 e. The topological polar surface area (TPSA) is 89.1 Å². The lowest BCUT2D eigenvalue weighted by Crippen LogP contribution is -2.67. The summed E-state index contributed by atoms with van der Waals surface area (Å²) in [5.74, 6) is -0.148. The van der Waals surface area contributed by atoms with E-state index in [-0.39, 0.29) is 37.4 Å². The van der Waals surface area contributed by atoms with E-state index in [1.807, 2.05) is 11.9 Å². The van der Waals surface area contributed by atoms with Gasteiger partial charge in [0.25, 0.3) is 0 Å². The number of amides is 4. The lowest BCUT2D eigenvalue weighted by atomic mass is 9.89. The monoisotopic (exact) mass is 530 g/mol. The Kier molecular flexibility index (Phi) is 9.09. The molecule has 1 atom stereocenters. The van der Waals surface area contributed by atoms with Crippen molar-refractivity contribution in [1.29, 1.82) is 0 Å². The van der Waals surface area contributed by atoms with Crippen LogP contribution >= 0.6 is 11.3 Å². The highest BCUT2D eigenvalue weighted by Gasteiger charge is 2.40. The summed E-state index contributed by atoms with van der Waals surface area (Å²) < 4.78 is 14.6. The van der Waals surface area contributed by atoms with Crippen LogP contribution in [0.3, 0.4) is 0 Å². The molecule has 1 aliphatic carbocycles. The van der Waals surface area contributed by atoms with Crippen molar-refractivity contribution in [3.63, 3.8) is 0 Å². The summed E-state index contributed by atoms with van der Waals surface area (Å²) in [6.45, 7) is 7.41. The van der Waals surface area contributed by atoms with Crippen molar-refractivity contribution in [3.05, 3.63) is 41.7 Å². The molecular weight excluding hydrogens is 495 g/mol. The first-order valence-electron chi connectivity index (χ1n) is 12.9. The number of carbonyl (C=O) groups is 3. The fourth-order valence-electron chi connectivity index (χ4n) is 5.22. The number of fused-ring (bicyclic) bond motifs is 1. The number of urea groups is 1. The third kappa shape index (κ3) is 6.10. The van der Waals surface area contributed by atoms with Gasteiger partial charge in [-0.1, -0.05) is 38.3 Å². The van der Waals surface area contributed by atoms with Crippen LogP contribution < -0.4 is 5.32 Å². The van der Waals surface area contributed by atoms with Crippen LogP contribution in [0.15, 0.2) is 30.3 Å². The molecule has 1 aromatic heterocycles. The van der Waals surface area contributed by atoms with Crippen molar-refractivity contribution in [3.8, 4) is 0 Å². The maximum absolute atomic E-state index is 14.2. The zero-order valence-corrected chi connectivity index (χ0v) is 22.1. The average Bonchev–Trinajstić information content (AvgIpc) is 3.42. The molecule has 2 aliphatic rings. The summed E-state index contributed by atoms with van der Waals surface area (Å²) in [5, 5.41) is 6.47. The predicted molar refractivity (Wildman–Crippen MR) is 141 cm³/mol. The first kappa shape index (κ1) is 27.0. The van der Waals surface area contributed by atoms with Crippen LogP contribution in [0.25, 0.3) is 10.2 Å². The summed E-state index contributed by atoms with van der Waals surface area (Å²) in [4.78, 5) is 46.0. The molecular formula is C26H35FN6O3S. The zero-order chi connectivity index (χ0) is 26.4. The van der Waals surface area contributed by atoms with Gasteiger partial charge in [0.2, 0.25) is 12.3 Å². The molecule has 37 heavy (non-hydrogen) atoms. The minimum atomic E-state index is -0.701. The second kappa shape index (κ2) is 12.5. The largest absolute Gasteiger partial charge is 0.337 e. The van der Waals surface area contributed by atoms with Gasteiger partial charge < -0.3 is 15.1 Å². The van der Waals surface area contributed by atoms with Gasteiger partial charge in [0.1, 0.15) is 18.5 Å². The van der Waals surface area contributed by atoms with Crippen molar-refractivity contribution in [2.24, 2.45) is 5.92 Å². The smallest absolute Gasteiger partial charge is 0.333 e. The van der Waals surface area contributed by atoms with Crippen LogP contribution in [-0.4, -0.2) is 82.0 Å². The number of nitrogens with zero attached hydrogens (tertiary/aromatic N) is 5. The molecule has 4 amide bonds. The average molecular weight is 531 g/mol. The van der Waals surface area contributed by atoms with Crippen LogP contribution in [0.4, 0.5) is 9.18 Å². The van der Waals surface area contributed by atoms with E-state index >= 15 is 0 Å². The van der Waals surface area contributed by atoms with Crippen LogP contribution in [0.1, 0.15) is 44.6 Å². The summed E-state index contributed by atoms with van der Waals surface area (Å²) in [6.07, 6.45) is 7.41. The Hall–Kier alpha value is -3.05. The number of hydrogen-bond donors (Lipinski definition) is 1. The van der Waals surface area contributed by atoms with E-state index in [1.54, 1.807) is 27.6 Å². The Labute approximate surface area is 220 Å². The van der Waals surface area contributed by atoms with E-state index in [0.29, 0.717) is 42.2 Å².